The summed E-state index contributed by atoms with van der Waals surface area (Å²) in [6, 6.07) is 3.76. The average molecular weight is 388 g/mol. The quantitative estimate of drug-likeness (QED) is 0.242. The van der Waals surface area contributed by atoms with E-state index in [0.717, 1.165) is 41.3 Å². The maximum atomic E-state index is 5.79. The molecule has 0 unspecified atom stereocenters. The molecule has 0 aliphatic carbocycles. The van der Waals surface area contributed by atoms with Crippen molar-refractivity contribution in [2.24, 2.45) is 12.0 Å². The number of hydrogen-bond donors (Lipinski definition) is 3. The standard InChI is InChI=1S/C17H22ClN9/c1-19-17(21-6-5-12-3-4-14(18)23-9-12)22-8-7-20-15-13-10-26-27(2)16(13)25-11-24-15/h3-4,9-11H,5-8H2,1-2H3,(H2,19,21,22)(H,20,24,25). The van der Waals surface area contributed by atoms with Crippen molar-refractivity contribution < 1.29 is 0 Å². The van der Waals surface area contributed by atoms with E-state index >= 15 is 0 Å². The Morgan fingerprint density at radius 3 is 2.74 bits per heavy atom. The minimum atomic E-state index is 0.504. The summed E-state index contributed by atoms with van der Waals surface area (Å²) in [6.07, 6.45) is 5.91. The molecule has 9 nitrogen and oxygen atoms in total. The maximum absolute atomic E-state index is 5.79. The number of halogens is 1. The Labute approximate surface area is 162 Å². The van der Waals surface area contributed by atoms with E-state index in [1.165, 1.54) is 6.33 Å². The van der Waals surface area contributed by atoms with Gasteiger partial charge in [0.2, 0.25) is 0 Å². The molecule has 0 saturated carbocycles. The molecule has 0 fully saturated rings. The minimum absolute atomic E-state index is 0.504. The highest BCUT2D eigenvalue weighted by Crippen LogP contribution is 2.16. The molecule has 0 saturated heterocycles. The van der Waals surface area contributed by atoms with Crippen LogP contribution in [0.25, 0.3) is 11.0 Å². The Balaban J connectivity index is 1.41. The van der Waals surface area contributed by atoms with Gasteiger partial charge in [-0.05, 0) is 18.1 Å². The first kappa shape index (κ1) is 18.8. The SMILES string of the molecule is CN=C(NCCNc1ncnc2c1cnn2C)NCCc1ccc(Cl)nc1. The second-order valence-electron chi connectivity index (χ2n) is 5.82. The molecule has 0 aliphatic rings. The fourth-order valence-corrected chi connectivity index (χ4v) is 2.68. The van der Waals surface area contributed by atoms with Gasteiger partial charge < -0.3 is 16.0 Å². The molecule has 0 amide bonds. The van der Waals surface area contributed by atoms with Crippen LogP contribution < -0.4 is 16.0 Å². The first-order chi connectivity index (χ1) is 13.2. The van der Waals surface area contributed by atoms with Gasteiger partial charge in [-0.25, -0.2) is 15.0 Å². The number of anilines is 1. The monoisotopic (exact) mass is 387 g/mol. The van der Waals surface area contributed by atoms with Crippen molar-refractivity contribution in [3.05, 3.63) is 41.6 Å². The molecular weight excluding hydrogens is 366 g/mol. The summed E-state index contributed by atoms with van der Waals surface area (Å²) < 4.78 is 1.72. The Hall–Kier alpha value is -2.94. The Bertz CT molecular complexity index is 904. The fraction of sp³-hybridized carbons (Fsp3) is 0.353. The Kier molecular flexibility index (Phi) is 6.37. The topological polar surface area (TPSA) is 105 Å². The molecule has 0 spiro atoms. The summed E-state index contributed by atoms with van der Waals surface area (Å²) >= 11 is 5.79. The molecule has 3 heterocycles. The molecule has 0 aliphatic heterocycles. The molecule has 3 rings (SSSR count). The van der Waals surface area contributed by atoms with Gasteiger partial charge in [0.25, 0.3) is 0 Å². The number of nitrogens with zero attached hydrogens (tertiary/aromatic N) is 6. The zero-order chi connectivity index (χ0) is 19.1. The number of nitrogens with one attached hydrogen (secondary N) is 3. The van der Waals surface area contributed by atoms with Crippen molar-refractivity contribution in [1.29, 1.82) is 0 Å². The van der Waals surface area contributed by atoms with Gasteiger partial charge in [0.15, 0.2) is 11.6 Å². The highest BCUT2D eigenvalue weighted by Gasteiger charge is 2.07. The molecule has 3 aromatic rings. The van der Waals surface area contributed by atoms with E-state index in [2.05, 4.69) is 41.0 Å². The highest BCUT2D eigenvalue weighted by atomic mass is 35.5. The molecule has 3 N–H and O–H groups in total. The van der Waals surface area contributed by atoms with Crippen LogP contribution >= 0.6 is 11.6 Å². The second kappa shape index (κ2) is 9.13. The van der Waals surface area contributed by atoms with Crippen molar-refractivity contribution in [2.75, 3.05) is 32.0 Å². The lowest BCUT2D eigenvalue weighted by Crippen LogP contribution is -2.40. The summed E-state index contributed by atoms with van der Waals surface area (Å²) in [4.78, 5) is 16.8. The van der Waals surface area contributed by atoms with Gasteiger partial charge in [0.05, 0.1) is 11.6 Å². The molecule has 27 heavy (non-hydrogen) atoms. The molecule has 0 radical (unpaired) electrons. The minimum Gasteiger partial charge on any atom is -0.368 e. The van der Waals surface area contributed by atoms with E-state index < -0.39 is 0 Å². The lowest BCUT2D eigenvalue weighted by atomic mass is 10.2. The smallest absolute Gasteiger partial charge is 0.191 e. The van der Waals surface area contributed by atoms with Crippen LogP contribution in [0.4, 0.5) is 5.82 Å². The number of aliphatic imine (C=N–C) groups is 1. The lowest BCUT2D eigenvalue weighted by molar-refractivity contribution is 0.785. The molecule has 3 aromatic heterocycles. The van der Waals surface area contributed by atoms with Crippen molar-refractivity contribution in [3.63, 3.8) is 0 Å². The maximum Gasteiger partial charge on any atom is 0.191 e. The lowest BCUT2D eigenvalue weighted by Gasteiger charge is -2.12. The molecule has 0 bridgehead atoms. The number of pyridine rings is 1. The zero-order valence-electron chi connectivity index (χ0n) is 15.3. The van der Waals surface area contributed by atoms with Crippen molar-refractivity contribution >= 4 is 34.4 Å². The van der Waals surface area contributed by atoms with Crippen molar-refractivity contribution in [1.82, 2.24) is 35.4 Å². The molecule has 0 atom stereocenters. The van der Waals surface area contributed by atoms with Crippen LogP contribution in [-0.2, 0) is 13.5 Å². The van der Waals surface area contributed by atoms with Crippen LogP contribution in [0.3, 0.4) is 0 Å². The summed E-state index contributed by atoms with van der Waals surface area (Å²) in [5.74, 6) is 1.51. The van der Waals surface area contributed by atoms with Crippen LogP contribution in [-0.4, -0.2) is 57.4 Å². The van der Waals surface area contributed by atoms with Gasteiger partial charge in [0, 0.05) is 39.9 Å². The van der Waals surface area contributed by atoms with Crippen LogP contribution in [0, 0.1) is 0 Å². The zero-order valence-corrected chi connectivity index (χ0v) is 16.0. The van der Waals surface area contributed by atoms with Crippen molar-refractivity contribution in [3.8, 4) is 0 Å². The number of guanidine groups is 1. The van der Waals surface area contributed by atoms with E-state index in [4.69, 9.17) is 11.6 Å². The molecular formula is C17H22ClN9. The summed E-state index contributed by atoms with van der Waals surface area (Å²) in [5, 5.41) is 15.4. The van der Waals surface area contributed by atoms with Gasteiger partial charge in [-0.2, -0.15) is 5.10 Å². The van der Waals surface area contributed by atoms with Crippen LogP contribution in [0.1, 0.15) is 5.56 Å². The van der Waals surface area contributed by atoms with Gasteiger partial charge in [0.1, 0.15) is 17.3 Å². The van der Waals surface area contributed by atoms with Crippen LogP contribution in [0.5, 0.6) is 0 Å². The van der Waals surface area contributed by atoms with Gasteiger partial charge in [-0.15, -0.1) is 0 Å². The van der Waals surface area contributed by atoms with Crippen molar-refractivity contribution in [2.45, 2.75) is 6.42 Å². The van der Waals surface area contributed by atoms with Crippen LogP contribution in [0.2, 0.25) is 5.15 Å². The number of hydrogen-bond acceptors (Lipinski definition) is 6. The number of aromatic nitrogens is 5. The second-order valence-corrected chi connectivity index (χ2v) is 6.21. The van der Waals surface area contributed by atoms with E-state index in [1.807, 2.05) is 13.1 Å². The normalized spacial score (nSPS) is 11.6. The first-order valence-electron chi connectivity index (χ1n) is 8.59. The first-order valence-corrected chi connectivity index (χ1v) is 8.96. The highest BCUT2D eigenvalue weighted by molar-refractivity contribution is 6.29. The van der Waals surface area contributed by atoms with E-state index in [1.54, 1.807) is 30.2 Å². The van der Waals surface area contributed by atoms with Gasteiger partial charge >= 0.3 is 0 Å². The third kappa shape index (κ3) is 5.04. The van der Waals surface area contributed by atoms with E-state index in [0.29, 0.717) is 18.2 Å². The van der Waals surface area contributed by atoms with Gasteiger partial charge in [-0.1, -0.05) is 17.7 Å². The average Bonchev–Trinajstić information content (AvgIpc) is 3.07. The predicted molar refractivity (Wildman–Crippen MR) is 107 cm³/mol. The molecule has 0 aromatic carbocycles. The third-order valence-corrected chi connectivity index (χ3v) is 4.18. The summed E-state index contributed by atoms with van der Waals surface area (Å²) in [7, 11) is 3.60. The largest absolute Gasteiger partial charge is 0.368 e. The Morgan fingerprint density at radius 1 is 1.11 bits per heavy atom. The number of fused-ring (bicyclic) bond motifs is 1. The van der Waals surface area contributed by atoms with Gasteiger partial charge in [-0.3, -0.25) is 9.67 Å². The van der Waals surface area contributed by atoms with E-state index in [9.17, 15) is 0 Å². The summed E-state index contributed by atoms with van der Waals surface area (Å²) in [5.41, 5.74) is 1.92. The van der Waals surface area contributed by atoms with E-state index in [-0.39, 0.29) is 0 Å². The third-order valence-electron chi connectivity index (χ3n) is 3.96. The van der Waals surface area contributed by atoms with Crippen LogP contribution in [0.15, 0.2) is 35.8 Å². The molecule has 142 valence electrons. The number of aryl methyl sites for hydroxylation is 1. The Morgan fingerprint density at radius 2 is 1.96 bits per heavy atom. The fourth-order valence-electron chi connectivity index (χ4n) is 2.56. The summed E-state index contributed by atoms with van der Waals surface area (Å²) in [6.45, 7) is 2.12. The predicted octanol–water partition coefficient (Wildman–Crippen LogP) is 1.23. The number of rotatable bonds is 7. The molecule has 10 heteroatoms.